The largest absolute Gasteiger partial charge is 0.444 e. The fourth-order valence-corrected chi connectivity index (χ4v) is 2.97. The first-order valence-electron chi connectivity index (χ1n) is 11.2. The number of hydrogen-bond acceptors (Lipinski definition) is 7. The molecule has 0 radical (unpaired) electrons. The van der Waals surface area contributed by atoms with Gasteiger partial charge >= 0.3 is 6.09 Å². The lowest BCUT2D eigenvalue weighted by Gasteiger charge is -2.28. The molecule has 1 aromatic rings. The predicted octanol–water partition coefficient (Wildman–Crippen LogP) is 3.08. The number of nitrogens with two attached hydrogens (primary N) is 1. The Kier molecular flexibility index (Phi) is 12.4. The maximum atomic E-state index is 12.2. The van der Waals surface area contributed by atoms with Gasteiger partial charge in [0.2, 0.25) is 0 Å². The molecule has 32 heavy (non-hydrogen) atoms. The summed E-state index contributed by atoms with van der Waals surface area (Å²) >= 11 is 0. The molecule has 0 aliphatic rings. The van der Waals surface area contributed by atoms with Crippen LogP contribution in [0, 0.1) is 0 Å². The van der Waals surface area contributed by atoms with Crippen LogP contribution >= 0.6 is 0 Å². The molecule has 3 atom stereocenters. The van der Waals surface area contributed by atoms with Gasteiger partial charge in [-0.2, -0.15) is 0 Å². The van der Waals surface area contributed by atoms with Crippen molar-refractivity contribution >= 4 is 11.9 Å². The number of hydrogen-bond donors (Lipinski definition) is 3. The Morgan fingerprint density at radius 1 is 1.12 bits per heavy atom. The van der Waals surface area contributed by atoms with Crippen molar-refractivity contribution in [1.82, 2.24) is 5.32 Å². The summed E-state index contributed by atoms with van der Waals surface area (Å²) in [5.41, 5.74) is 7.07. The Hall–Kier alpha value is -2.00. The molecule has 1 unspecified atom stereocenters. The molecule has 0 fully saturated rings. The summed E-state index contributed by atoms with van der Waals surface area (Å²) in [5, 5.41) is 12.3. The Morgan fingerprint density at radius 2 is 1.75 bits per heavy atom. The topological polar surface area (TPSA) is 120 Å². The molecule has 1 aromatic carbocycles. The molecule has 0 aliphatic heterocycles. The Morgan fingerprint density at radius 3 is 2.31 bits per heavy atom. The molecule has 0 bridgehead atoms. The van der Waals surface area contributed by atoms with Crippen LogP contribution in [0.3, 0.4) is 0 Å². The van der Waals surface area contributed by atoms with Gasteiger partial charge in [0.15, 0.2) is 5.78 Å². The first-order valence-corrected chi connectivity index (χ1v) is 11.2. The quantitative estimate of drug-likeness (QED) is 0.293. The van der Waals surface area contributed by atoms with Crippen molar-refractivity contribution in [3.05, 3.63) is 35.4 Å². The second-order valence-electron chi connectivity index (χ2n) is 9.09. The van der Waals surface area contributed by atoms with E-state index in [1.807, 2.05) is 19.1 Å². The SMILES string of the molecule is CC(=O)COCCCc1ccc(CO[C@H](C)[C@H](CCC(N)O)NC(=O)OC(C)(C)C)cc1. The minimum absolute atomic E-state index is 0.0336. The van der Waals surface area contributed by atoms with Gasteiger partial charge < -0.3 is 30.4 Å². The van der Waals surface area contributed by atoms with E-state index in [1.165, 1.54) is 12.5 Å². The number of Topliss-reactive ketones (excluding diaryl/α,β-unsaturated/α-hetero) is 1. The lowest BCUT2D eigenvalue weighted by molar-refractivity contribution is -0.121. The van der Waals surface area contributed by atoms with Crippen LogP contribution in [-0.2, 0) is 32.0 Å². The monoisotopic (exact) mass is 452 g/mol. The summed E-state index contributed by atoms with van der Waals surface area (Å²) in [6.07, 6.45) is 0.733. The molecular weight excluding hydrogens is 412 g/mol. The number of aliphatic hydroxyl groups excluding tert-OH is 1. The van der Waals surface area contributed by atoms with Crippen molar-refractivity contribution in [2.75, 3.05) is 13.2 Å². The number of alkyl carbamates (subject to hydrolysis) is 1. The Bertz CT molecular complexity index is 685. The van der Waals surface area contributed by atoms with Crippen LogP contribution in [0.1, 0.15) is 65.0 Å². The van der Waals surface area contributed by atoms with Crippen LogP contribution in [0.25, 0.3) is 0 Å². The zero-order valence-electron chi connectivity index (χ0n) is 20.1. The van der Waals surface area contributed by atoms with Crippen LogP contribution in [0.2, 0.25) is 0 Å². The van der Waals surface area contributed by atoms with E-state index >= 15 is 0 Å². The molecule has 182 valence electrons. The normalized spacial score (nSPS) is 14.5. The number of rotatable bonds is 14. The van der Waals surface area contributed by atoms with Gasteiger partial charge in [-0.1, -0.05) is 24.3 Å². The highest BCUT2D eigenvalue weighted by atomic mass is 16.6. The average Bonchev–Trinajstić information content (AvgIpc) is 2.68. The number of benzene rings is 1. The van der Waals surface area contributed by atoms with Crippen molar-refractivity contribution in [2.24, 2.45) is 5.73 Å². The van der Waals surface area contributed by atoms with Crippen LogP contribution < -0.4 is 11.1 Å². The number of amides is 1. The lowest BCUT2D eigenvalue weighted by Crippen LogP contribution is -2.46. The van der Waals surface area contributed by atoms with Crippen molar-refractivity contribution < 1.29 is 28.9 Å². The van der Waals surface area contributed by atoms with Gasteiger partial charge in [0.1, 0.15) is 18.4 Å². The second-order valence-corrected chi connectivity index (χ2v) is 9.09. The summed E-state index contributed by atoms with van der Waals surface area (Å²) < 4.78 is 16.6. The van der Waals surface area contributed by atoms with E-state index in [-0.39, 0.29) is 24.5 Å². The molecule has 0 spiro atoms. The number of ketones is 1. The van der Waals surface area contributed by atoms with Crippen LogP contribution in [0.5, 0.6) is 0 Å². The number of ether oxygens (including phenoxy) is 3. The second kappa shape index (κ2) is 14.2. The average molecular weight is 453 g/mol. The van der Waals surface area contributed by atoms with Crippen molar-refractivity contribution in [1.29, 1.82) is 0 Å². The van der Waals surface area contributed by atoms with Crippen molar-refractivity contribution in [3.8, 4) is 0 Å². The van der Waals surface area contributed by atoms with Gasteiger partial charge in [-0.15, -0.1) is 0 Å². The minimum atomic E-state index is -0.953. The number of carbonyl (C=O) groups is 2. The molecule has 0 heterocycles. The number of aliphatic hydroxyl groups is 1. The summed E-state index contributed by atoms with van der Waals surface area (Å²) in [6.45, 7) is 9.91. The zero-order valence-corrected chi connectivity index (χ0v) is 20.1. The highest BCUT2D eigenvalue weighted by Gasteiger charge is 2.24. The lowest BCUT2D eigenvalue weighted by atomic mass is 10.1. The number of aryl methyl sites for hydroxylation is 1. The summed E-state index contributed by atoms with van der Waals surface area (Å²) in [5.74, 6) is 0.0336. The smallest absolute Gasteiger partial charge is 0.407 e. The van der Waals surface area contributed by atoms with Crippen molar-refractivity contribution in [2.45, 2.75) is 90.9 Å². The summed E-state index contributed by atoms with van der Waals surface area (Å²) in [6, 6.07) is 7.78. The first kappa shape index (κ1) is 28.0. The number of nitrogens with one attached hydrogen (secondary N) is 1. The summed E-state index contributed by atoms with van der Waals surface area (Å²) in [7, 11) is 0. The molecule has 4 N–H and O–H groups in total. The third kappa shape index (κ3) is 13.4. The fraction of sp³-hybridized carbons (Fsp3) is 0.667. The molecule has 8 heteroatoms. The third-order valence-corrected chi connectivity index (χ3v) is 4.64. The van der Waals surface area contributed by atoms with Crippen LogP contribution in [0.15, 0.2) is 24.3 Å². The minimum Gasteiger partial charge on any atom is -0.444 e. The van der Waals surface area contributed by atoms with Crippen molar-refractivity contribution in [3.63, 3.8) is 0 Å². The van der Waals surface area contributed by atoms with E-state index in [9.17, 15) is 14.7 Å². The summed E-state index contributed by atoms with van der Waals surface area (Å²) in [4.78, 5) is 23.0. The molecular formula is C24H40N2O6. The van der Waals surface area contributed by atoms with E-state index in [4.69, 9.17) is 19.9 Å². The fourth-order valence-electron chi connectivity index (χ4n) is 2.97. The molecule has 0 saturated carbocycles. The molecule has 1 amide bonds. The first-order chi connectivity index (χ1) is 15.0. The van der Waals surface area contributed by atoms with Gasteiger partial charge in [0.05, 0.1) is 18.8 Å². The van der Waals surface area contributed by atoms with E-state index in [1.54, 1.807) is 20.8 Å². The maximum absolute atomic E-state index is 12.2. The predicted molar refractivity (Wildman–Crippen MR) is 123 cm³/mol. The van der Waals surface area contributed by atoms with Crippen LogP contribution in [0.4, 0.5) is 4.79 Å². The van der Waals surface area contributed by atoms with Gasteiger partial charge in [0.25, 0.3) is 0 Å². The third-order valence-electron chi connectivity index (χ3n) is 4.64. The highest BCUT2D eigenvalue weighted by Crippen LogP contribution is 2.14. The van der Waals surface area contributed by atoms with Crippen LogP contribution in [-0.4, -0.2) is 54.2 Å². The molecule has 0 saturated heterocycles. The van der Waals surface area contributed by atoms with E-state index in [2.05, 4.69) is 17.4 Å². The number of carbonyl (C=O) groups excluding carboxylic acids is 2. The molecule has 0 aliphatic carbocycles. The van der Waals surface area contributed by atoms with E-state index < -0.39 is 17.9 Å². The zero-order chi connectivity index (χ0) is 24.1. The standard InChI is InChI=1S/C24H40N2O6/c1-17(27)15-30-14-6-7-19-8-10-20(11-9-19)16-31-18(2)21(12-13-22(25)28)26-23(29)32-24(3,4)5/h8-11,18,21-22,28H,6-7,12-16,25H2,1-5H3,(H,26,29)/t18-,21+,22?/m1/s1. The maximum Gasteiger partial charge on any atom is 0.407 e. The highest BCUT2D eigenvalue weighted by molar-refractivity contribution is 5.76. The molecule has 8 nitrogen and oxygen atoms in total. The van der Waals surface area contributed by atoms with E-state index in [0.717, 1.165) is 18.4 Å². The Balaban J connectivity index is 2.52. The van der Waals surface area contributed by atoms with Gasteiger partial charge in [-0.3, -0.25) is 4.79 Å². The molecule has 0 aromatic heterocycles. The van der Waals surface area contributed by atoms with Gasteiger partial charge in [-0.05, 0) is 71.4 Å². The van der Waals surface area contributed by atoms with Gasteiger partial charge in [0, 0.05) is 6.61 Å². The van der Waals surface area contributed by atoms with Gasteiger partial charge in [-0.25, -0.2) is 4.79 Å². The Labute approximate surface area is 191 Å². The van der Waals surface area contributed by atoms with E-state index in [0.29, 0.717) is 26.1 Å². The molecule has 1 rings (SSSR count).